The minimum absolute atomic E-state index is 0.405. The molecular formula is C11H17N3O. The van der Waals surface area contributed by atoms with Crippen LogP contribution in [-0.4, -0.2) is 24.7 Å². The summed E-state index contributed by atoms with van der Waals surface area (Å²) in [7, 11) is 1.65. The van der Waals surface area contributed by atoms with Gasteiger partial charge in [0.1, 0.15) is 0 Å². The lowest BCUT2D eigenvalue weighted by Crippen LogP contribution is -2.39. The summed E-state index contributed by atoms with van der Waals surface area (Å²) >= 11 is 0. The van der Waals surface area contributed by atoms with Crippen LogP contribution in [0.1, 0.15) is 12.8 Å². The summed E-state index contributed by atoms with van der Waals surface area (Å²) in [6.45, 7) is 0.932. The van der Waals surface area contributed by atoms with E-state index < -0.39 is 0 Å². The lowest BCUT2D eigenvalue weighted by Gasteiger charge is -2.32. The molecule has 0 radical (unpaired) electrons. The molecule has 0 amide bonds. The van der Waals surface area contributed by atoms with Crippen LogP contribution in [0.2, 0.25) is 0 Å². The molecule has 3 N–H and O–H groups in total. The zero-order valence-corrected chi connectivity index (χ0v) is 8.94. The van der Waals surface area contributed by atoms with Gasteiger partial charge in [0.25, 0.3) is 0 Å². The number of nitrogens with one attached hydrogen (secondary N) is 1. The molecule has 0 aromatic carbocycles. The van der Waals surface area contributed by atoms with Gasteiger partial charge >= 0.3 is 0 Å². The summed E-state index contributed by atoms with van der Waals surface area (Å²) in [4.78, 5) is 4.23. The summed E-state index contributed by atoms with van der Waals surface area (Å²) in [6.07, 6.45) is 3.99. The molecule has 2 rings (SSSR count). The van der Waals surface area contributed by atoms with E-state index in [9.17, 15) is 0 Å². The first-order valence-electron chi connectivity index (χ1n) is 5.28. The number of anilines is 1. The summed E-state index contributed by atoms with van der Waals surface area (Å²) < 4.78 is 5.20. The van der Waals surface area contributed by atoms with Crippen LogP contribution in [0.15, 0.2) is 18.3 Å². The number of nitrogens with zero attached hydrogens (tertiary/aromatic N) is 1. The molecule has 0 saturated heterocycles. The number of pyridine rings is 1. The van der Waals surface area contributed by atoms with Crippen LogP contribution in [0.25, 0.3) is 0 Å². The SMILES string of the molecule is COc1cccnc1NCC1CC(N)C1. The highest BCUT2D eigenvalue weighted by molar-refractivity contribution is 5.49. The topological polar surface area (TPSA) is 60.2 Å². The lowest BCUT2D eigenvalue weighted by molar-refractivity contribution is 0.279. The monoisotopic (exact) mass is 207 g/mol. The second kappa shape index (κ2) is 4.49. The van der Waals surface area contributed by atoms with Crippen LogP contribution >= 0.6 is 0 Å². The van der Waals surface area contributed by atoms with Gasteiger partial charge in [0.05, 0.1) is 7.11 Å². The molecule has 1 fully saturated rings. The van der Waals surface area contributed by atoms with Crippen molar-refractivity contribution in [3.8, 4) is 5.75 Å². The quantitative estimate of drug-likeness (QED) is 0.779. The molecule has 1 aliphatic rings. The highest BCUT2D eigenvalue weighted by atomic mass is 16.5. The smallest absolute Gasteiger partial charge is 0.168 e. The highest BCUT2D eigenvalue weighted by Gasteiger charge is 2.25. The van der Waals surface area contributed by atoms with Crippen molar-refractivity contribution in [3.63, 3.8) is 0 Å². The molecule has 0 atom stereocenters. The average molecular weight is 207 g/mol. The molecule has 15 heavy (non-hydrogen) atoms. The fourth-order valence-corrected chi connectivity index (χ4v) is 1.88. The Morgan fingerprint density at radius 2 is 2.40 bits per heavy atom. The maximum Gasteiger partial charge on any atom is 0.168 e. The molecule has 0 unspecified atom stereocenters. The molecule has 1 saturated carbocycles. The Labute approximate surface area is 89.8 Å². The Hall–Kier alpha value is -1.29. The number of ether oxygens (including phenoxy) is 1. The van der Waals surface area contributed by atoms with E-state index in [1.165, 1.54) is 0 Å². The molecule has 1 aromatic heterocycles. The first-order valence-corrected chi connectivity index (χ1v) is 5.28. The van der Waals surface area contributed by atoms with E-state index in [4.69, 9.17) is 10.5 Å². The Morgan fingerprint density at radius 3 is 3.07 bits per heavy atom. The summed E-state index contributed by atoms with van der Waals surface area (Å²) in [5, 5.41) is 3.30. The van der Waals surface area contributed by atoms with Gasteiger partial charge in [0.15, 0.2) is 11.6 Å². The molecule has 1 aromatic rings. The third-order valence-electron chi connectivity index (χ3n) is 2.82. The van der Waals surface area contributed by atoms with Crippen molar-refractivity contribution < 1.29 is 4.74 Å². The third kappa shape index (κ3) is 2.39. The minimum Gasteiger partial charge on any atom is -0.493 e. The van der Waals surface area contributed by atoms with Crippen molar-refractivity contribution in [2.24, 2.45) is 11.7 Å². The maximum absolute atomic E-state index is 5.73. The molecule has 0 spiro atoms. The molecule has 1 aliphatic carbocycles. The molecule has 0 aliphatic heterocycles. The summed E-state index contributed by atoms with van der Waals surface area (Å²) in [5.74, 6) is 2.30. The van der Waals surface area contributed by atoms with E-state index in [2.05, 4.69) is 10.3 Å². The van der Waals surface area contributed by atoms with E-state index in [1.54, 1.807) is 13.3 Å². The van der Waals surface area contributed by atoms with Gasteiger partial charge in [-0.1, -0.05) is 0 Å². The number of nitrogens with two attached hydrogens (primary N) is 1. The predicted molar refractivity (Wildman–Crippen MR) is 60.0 cm³/mol. The van der Waals surface area contributed by atoms with Crippen molar-refractivity contribution in [1.29, 1.82) is 0 Å². The second-order valence-electron chi connectivity index (χ2n) is 4.03. The van der Waals surface area contributed by atoms with Crippen molar-refractivity contribution >= 4 is 5.82 Å². The summed E-state index contributed by atoms with van der Waals surface area (Å²) in [6, 6.07) is 4.17. The fourth-order valence-electron chi connectivity index (χ4n) is 1.88. The van der Waals surface area contributed by atoms with Gasteiger partial charge in [-0.3, -0.25) is 0 Å². The van der Waals surface area contributed by atoms with E-state index in [-0.39, 0.29) is 0 Å². The molecular weight excluding hydrogens is 190 g/mol. The van der Waals surface area contributed by atoms with Gasteiger partial charge < -0.3 is 15.8 Å². The number of methoxy groups -OCH3 is 1. The third-order valence-corrected chi connectivity index (χ3v) is 2.82. The summed E-state index contributed by atoms with van der Waals surface area (Å²) in [5.41, 5.74) is 5.73. The van der Waals surface area contributed by atoms with Crippen LogP contribution in [-0.2, 0) is 0 Å². The van der Waals surface area contributed by atoms with Gasteiger partial charge in [0.2, 0.25) is 0 Å². The molecule has 1 heterocycles. The average Bonchev–Trinajstić information content (AvgIpc) is 2.23. The van der Waals surface area contributed by atoms with Crippen molar-refractivity contribution in [2.75, 3.05) is 19.0 Å². The van der Waals surface area contributed by atoms with Crippen LogP contribution < -0.4 is 15.8 Å². The van der Waals surface area contributed by atoms with Gasteiger partial charge in [-0.05, 0) is 30.9 Å². The fraction of sp³-hybridized carbons (Fsp3) is 0.545. The number of hydrogen-bond donors (Lipinski definition) is 2. The lowest BCUT2D eigenvalue weighted by atomic mass is 9.81. The number of hydrogen-bond acceptors (Lipinski definition) is 4. The van der Waals surface area contributed by atoms with E-state index in [0.717, 1.165) is 31.0 Å². The van der Waals surface area contributed by atoms with Crippen LogP contribution in [0.4, 0.5) is 5.82 Å². The van der Waals surface area contributed by atoms with E-state index >= 15 is 0 Å². The van der Waals surface area contributed by atoms with Crippen LogP contribution in [0.5, 0.6) is 5.75 Å². The van der Waals surface area contributed by atoms with Gasteiger partial charge in [-0.25, -0.2) is 4.98 Å². The normalized spacial score (nSPS) is 24.4. The van der Waals surface area contributed by atoms with E-state index in [0.29, 0.717) is 12.0 Å². The van der Waals surface area contributed by atoms with Gasteiger partial charge in [0, 0.05) is 18.8 Å². The maximum atomic E-state index is 5.73. The minimum atomic E-state index is 0.405. The first kappa shape index (κ1) is 10.2. The largest absolute Gasteiger partial charge is 0.493 e. The first-order chi connectivity index (χ1) is 7.29. The molecule has 4 nitrogen and oxygen atoms in total. The number of aromatic nitrogens is 1. The standard InChI is InChI=1S/C11H17N3O/c1-15-10-3-2-4-13-11(10)14-7-8-5-9(12)6-8/h2-4,8-9H,5-7,12H2,1H3,(H,13,14). The zero-order chi connectivity index (χ0) is 10.7. The second-order valence-corrected chi connectivity index (χ2v) is 4.03. The Bertz CT molecular complexity index is 323. The van der Waals surface area contributed by atoms with Crippen LogP contribution in [0.3, 0.4) is 0 Å². The Morgan fingerprint density at radius 1 is 1.60 bits per heavy atom. The zero-order valence-electron chi connectivity index (χ0n) is 8.94. The molecule has 82 valence electrons. The van der Waals surface area contributed by atoms with Crippen molar-refractivity contribution in [2.45, 2.75) is 18.9 Å². The van der Waals surface area contributed by atoms with Crippen molar-refractivity contribution in [3.05, 3.63) is 18.3 Å². The number of rotatable bonds is 4. The molecule has 4 heteroatoms. The Balaban J connectivity index is 1.87. The van der Waals surface area contributed by atoms with Gasteiger partial charge in [-0.2, -0.15) is 0 Å². The van der Waals surface area contributed by atoms with Crippen molar-refractivity contribution in [1.82, 2.24) is 4.98 Å². The highest BCUT2D eigenvalue weighted by Crippen LogP contribution is 2.27. The van der Waals surface area contributed by atoms with E-state index in [1.807, 2.05) is 12.1 Å². The molecule has 0 bridgehead atoms. The Kier molecular flexibility index (Phi) is 3.06. The van der Waals surface area contributed by atoms with Gasteiger partial charge in [-0.15, -0.1) is 0 Å². The predicted octanol–water partition coefficient (Wildman–Crippen LogP) is 1.24. The van der Waals surface area contributed by atoms with Crippen LogP contribution in [0, 0.1) is 5.92 Å².